The van der Waals surface area contributed by atoms with E-state index in [1.54, 1.807) is 11.7 Å². The zero-order valence-corrected chi connectivity index (χ0v) is 9.49. The summed E-state index contributed by atoms with van der Waals surface area (Å²) in [6.07, 6.45) is 2.96. The van der Waals surface area contributed by atoms with Crippen molar-refractivity contribution in [2.24, 2.45) is 7.05 Å². The Kier molecular flexibility index (Phi) is 2.47. The van der Waals surface area contributed by atoms with E-state index >= 15 is 0 Å². The second kappa shape index (κ2) is 3.62. The summed E-state index contributed by atoms with van der Waals surface area (Å²) in [4.78, 5) is 7.87. The van der Waals surface area contributed by atoms with Crippen molar-refractivity contribution in [2.45, 2.75) is 0 Å². The summed E-state index contributed by atoms with van der Waals surface area (Å²) in [6, 6.07) is 0. The molecule has 0 saturated carbocycles. The smallest absolute Gasteiger partial charge is 0.157 e. The average Bonchev–Trinajstić information content (AvgIpc) is 2.48. The van der Waals surface area contributed by atoms with E-state index in [-0.39, 0.29) is 0 Å². The quantitative estimate of drug-likeness (QED) is 0.794. The molecule has 0 unspecified atom stereocenters. The highest BCUT2D eigenvalue weighted by Crippen LogP contribution is 2.28. The van der Waals surface area contributed by atoms with Crippen molar-refractivity contribution >= 4 is 27.5 Å². The van der Waals surface area contributed by atoms with Gasteiger partial charge in [-0.05, 0) is 15.9 Å². The molecule has 0 aliphatic carbocycles. The van der Waals surface area contributed by atoms with Gasteiger partial charge in [-0.25, -0.2) is 14.6 Å². The number of hydrogen-bond acceptors (Lipinski definition) is 4. The van der Waals surface area contributed by atoms with Crippen molar-refractivity contribution in [2.75, 3.05) is 0 Å². The van der Waals surface area contributed by atoms with Gasteiger partial charge in [0, 0.05) is 13.2 Å². The number of aromatic nitrogens is 5. The lowest BCUT2D eigenvalue weighted by Gasteiger charge is -2.01. The summed E-state index contributed by atoms with van der Waals surface area (Å²) in [7, 11) is 1.77. The van der Waals surface area contributed by atoms with Crippen LogP contribution < -0.4 is 0 Å². The van der Waals surface area contributed by atoms with Gasteiger partial charge in [0.25, 0.3) is 0 Å². The average molecular weight is 275 g/mol. The van der Waals surface area contributed by atoms with Crippen molar-refractivity contribution in [3.05, 3.63) is 22.1 Å². The second-order valence-corrected chi connectivity index (χ2v) is 3.73. The molecule has 2 heterocycles. The van der Waals surface area contributed by atoms with Gasteiger partial charge < -0.3 is 0 Å². The van der Waals surface area contributed by atoms with E-state index in [9.17, 15) is 0 Å². The minimum Gasteiger partial charge on any atom is -0.245 e. The molecule has 0 fully saturated rings. The van der Waals surface area contributed by atoms with E-state index in [1.165, 1.54) is 12.5 Å². The zero-order valence-electron chi connectivity index (χ0n) is 7.15. The van der Waals surface area contributed by atoms with Crippen LogP contribution in [-0.4, -0.2) is 25.0 Å². The van der Waals surface area contributed by atoms with E-state index in [2.05, 4.69) is 36.2 Å². The van der Waals surface area contributed by atoms with Crippen LogP contribution in [0.2, 0.25) is 5.02 Å². The molecule has 0 N–H and O–H groups in total. The van der Waals surface area contributed by atoms with Crippen LogP contribution in [0.3, 0.4) is 0 Å². The first-order valence-electron chi connectivity index (χ1n) is 3.71. The number of aryl methyl sites for hydroxylation is 1. The molecule has 0 saturated heterocycles. The molecule has 0 aliphatic rings. The maximum Gasteiger partial charge on any atom is 0.157 e. The first-order chi connectivity index (χ1) is 6.70. The highest BCUT2D eigenvalue weighted by molar-refractivity contribution is 9.10. The molecule has 0 atom stereocenters. The van der Waals surface area contributed by atoms with Gasteiger partial charge in [0.1, 0.15) is 17.7 Å². The zero-order chi connectivity index (χ0) is 10.1. The third kappa shape index (κ3) is 1.51. The number of halogens is 2. The molecule has 0 bridgehead atoms. The Bertz CT molecular complexity index is 449. The third-order valence-corrected chi connectivity index (χ3v) is 2.49. The first kappa shape index (κ1) is 9.54. The van der Waals surface area contributed by atoms with E-state index in [1.807, 2.05) is 0 Å². The molecule has 0 aliphatic heterocycles. The summed E-state index contributed by atoms with van der Waals surface area (Å²) in [6.45, 7) is 0. The fourth-order valence-electron chi connectivity index (χ4n) is 1.07. The Hall–Kier alpha value is -1.01. The molecule has 0 spiro atoms. The van der Waals surface area contributed by atoms with Crippen molar-refractivity contribution in [1.29, 1.82) is 0 Å². The molecule has 0 amide bonds. The SMILES string of the molecule is Cn1nnc(Br)c1-c1ncncc1Cl. The van der Waals surface area contributed by atoms with Crippen LogP contribution in [0.25, 0.3) is 11.4 Å². The van der Waals surface area contributed by atoms with Gasteiger partial charge in [-0.1, -0.05) is 16.8 Å². The Morgan fingerprint density at radius 2 is 2.29 bits per heavy atom. The standard InChI is InChI=1S/C7H5BrClN5/c1-14-6(7(8)12-13-14)5-4(9)2-10-3-11-5/h2-3H,1H3. The summed E-state index contributed by atoms with van der Waals surface area (Å²) in [5, 5.41) is 8.15. The molecule has 7 heteroatoms. The van der Waals surface area contributed by atoms with Crippen LogP contribution in [-0.2, 0) is 7.05 Å². The fourth-order valence-corrected chi connectivity index (χ4v) is 1.78. The Labute approximate surface area is 93.3 Å². The number of hydrogen-bond donors (Lipinski definition) is 0. The fraction of sp³-hybridized carbons (Fsp3) is 0.143. The summed E-state index contributed by atoms with van der Waals surface area (Å²) < 4.78 is 2.21. The van der Waals surface area contributed by atoms with Gasteiger partial charge in [-0.15, -0.1) is 5.10 Å². The predicted octanol–water partition coefficient (Wildman–Crippen LogP) is 1.69. The van der Waals surface area contributed by atoms with E-state index in [0.717, 1.165) is 5.69 Å². The Morgan fingerprint density at radius 3 is 2.86 bits per heavy atom. The van der Waals surface area contributed by atoms with Crippen molar-refractivity contribution in [1.82, 2.24) is 25.0 Å². The molecule has 5 nitrogen and oxygen atoms in total. The lowest BCUT2D eigenvalue weighted by atomic mass is 10.3. The predicted molar refractivity (Wildman–Crippen MR) is 54.7 cm³/mol. The normalized spacial score (nSPS) is 10.5. The highest BCUT2D eigenvalue weighted by Gasteiger charge is 2.14. The molecule has 72 valence electrons. The van der Waals surface area contributed by atoms with Crippen molar-refractivity contribution < 1.29 is 0 Å². The van der Waals surface area contributed by atoms with Gasteiger partial charge >= 0.3 is 0 Å². The molecule has 2 aromatic heterocycles. The van der Waals surface area contributed by atoms with Crippen LogP contribution in [0.5, 0.6) is 0 Å². The second-order valence-electron chi connectivity index (χ2n) is 2.57. The van der Waals surface area contributed by atoms with Gasteiger partial charge in [-0.3, -0.25) is 0 Å². The van der Waals surface area contributed by atoms with Crippen LogP contribution in [0.1, 0.15) is 0 Å². The minimum atomic E-state index is 0.471. The topological polar surface area (TPSA) is 56.5 Å². The Morgan fingerprint density at radius 1 is 1.50 bits per heavy atom. The van der Waals surface area contributed by atoms with Gasteiger partial charge in [0.15, 0.2) is 4.60 Å². The van der Waals surface area contributed by atoms with Crippen molar-refractivity contribution in [3.63, 3.8) is 0 Å². The molecular weight excluding hydrogens is 269 g/mol. The third-order valence-electron chi connectivity index (χ3n) is 1.68. The molecule has 0 radical (unpaired) electrons. The Balaban J connectivity index is 2.66. The molecule has 2 rings (SSSR count). The van der Waals surface area contributed by atoms with E-state index in [0.29, 0.717) is 15.3 Å². The lowest BCUT2D eigenvalue weighted by molar-refractivity contribution is 0.718. The minimum absolute atomic E-state index is 0.471. The lowest BCUT2D eigenvalue weighted by Crippen LogP contribution is -1.96. The van der Waals surface area contributed by atoms with Gasteiger partial charge in [0.2, 0.25) is 0 Å². The molecule has 0 aromatic carbocycles. The van der Waals surface area contributed by atoms with E-state index < -0.39 is 0 Å². The molecule has 2 aromatic rings. The number of rotatable bonds is 1. The van der Waals surface area contributed by atoms with Crippen molar-refractivity contribution in [3.8, 4) is 11.4 Å². The van der Waals surface area contributed by atoms with Crippen LogP contribution >= 0.6 is 27.5 Å². The largest absolute Gasteiger partial charge is 0.245 e. The molecule has 14 heavy (non-hydrogen) atoms. The maximum atomic E-state index is 5.94. The van der Waals surface area contributed by atoms with Crippen LogP contribution in [0.15, 0.2) is 17.1 Å². The summed E-state index contributed by atoms with van der Waals surface area (Å²) in [5.41, 5.74) is 1.35. The summed E-state index contributed by atoms with van der Waals surface area (Å²) in [5.74, 6) is 0. The van der Waals surface area contributed by atoms with Crippen LogP contribution in [0, 0.1) is 0 Å². The first-order valence-corrected chi connectivity index (χ1v) is 4.88. The summed E-state index contributed by atoms with van der Waals surface area (Å²) >= 11 is 9.22. The maximum absolute atomic E-state index is 5.94. The van der Waals surface area contributed by atoms with Gasteiger partial charge in [0.05, 0.1) is 5.02 Å². The van der Waals surface area contributed by atoms with E-state index in [4.69, 9.17) is 11.6 Å². The van der Waals surface area contributed by atoms with Gasteiger partial charge in [-0.2, -0.15) is 0 Å². The number of nitrogens with zero attached hydrogens (tertiary/aromatic N) is 5. The molecular formula is C7H5BrClN5. The van der Waals surface area contributed by atoms with Crippen LogP contribution in [0.4, 0.5) is 0 Å². The highest BCUT2D eigenvalue weighted by atomic mass is 79.9. The monoisotopic (exact) mass is 273 g/mol.